The highest BCUT2D eigenvalue weighted by Crippen LogP contribution is 2.27. The summed E-state index contributed by atoms with van der Waals surface area (Å²) in [7, 11) is 0. The van der Waals surface area contributed by atoms with Crippen LogP contribution in [-0.2, 0) is 0 Å². The maximum atomic E-state index is 12.3. The molecule has 0 N–H and O–H groups in total. The molecule has 1 unspecified atom stereocenters. The maximum Gasteiger partial charge on any atom is 0.0960 e. The summed E-state index contributed by atoms with van der Waals surface area (Å²) in [6.45, 7) is 1.36. The molecular weight excluding hydrogens is 198 g/mol. The lowest BCUT2D eigenvalue weighted by Crippen LogP contribution is -1.95. The fraction of sp³-hybridized carbons (Fsp3) is 0.333. The van der Waals surface area contributed by atoms with E-state index >= 15 is 0 Å². The monoisotopic (exact) mass is 206 g/mol. The molecule has 0 spiro atoms. The van der Waals surface area contributed by atoms with Crippen LogP contribution in [0.25, 0.3) is 0 Å². The molecule has 0 amide bonds. The number of rotatable bonds is 2. The van der Waals surface area contributed by atoms with Crippen molar-refractivity contribution in [2.24, 2.45) is 0 Å². The molecule has 1 aromatic rings. The number of benzene rings is 1. The van der Waals surface area contributed by atoms with Crippen molar-refractivity contribution < 1.29 is 4.39 Å². The van der Waals surface area contributed by atoms with Crippen molar-refractivity contribution in [3.8, 4) is 0 Å². The van der Waals surface area contributed by atoms with E-state index in [9.17, 15) is 4.39 Å². The van der Waals surface area contributed by atoms with Crippen LogP contribution in [0.4, 0.5) is 4.39 Å². The summed E-state index contributed by atoms with van der Waals surface area (Å²) in [6, 6.07) is 5.08. The van der Waals surface area contributed by atoms with E-state index < -0.39 is 6.67 Å². The third-order valence-corrected chi connectivity index (χ3v) is 2.30. The Morgan fingerprint density at radius 2 is 2.08 bits per heavy atom. The third-order valence-electron chi connectivity index (χ3n) is 1.72. The van der Waals surface area contributed by atoms with Crippen molar-refractivity contribution in [1.29, 1.82) is 0 Å². The average molecular weight is 207 g/mol. The van der Waals surface area contributed by atoms with E-state index in [4.69, 9.17) is 23.2 Å². The van der Waals surface area contributed by atoms with Crippen LogP contribution in [0.1, 0.15) is 18.4 Å². The summed E-state index contributed by atoms with van der Waals surface area (Å²) in [5, 5.41) is 1.17. The second kappa shape index (κ2) is 4.11. The molecule has 0 bridgehead atoms. The largest absolute Gasteiger partial charge is 0.250 e. The molecule has 1 rings (SSSR count). The minimum atomic E-state index is -0.417. The smallest absolute Gasteiger partial charge is 0.0960 e. The molecule has 12 heavy (non-hydrogen) atoms. The van der Waals surface area contributed by atoms with E-state index in [1.807, 2.05) is 0 Å². The second-order valence-corrected chi connectivity index (χ2v) is 3.56. The van der Waals surface area contributed by atoms with Gasteiger partial charge in [0.25, 0.3) is 0 Å². The molecule has 0 saturated heterocycles. The first-order chi connectivity index (χ1) is 5.65. The van der Waals surface area contributed by atoms with Crippen LogP contribution in [0.3, 0.4) is 0 Å². The lowest BCUT2D eigenvalue weighted by atomic mass is 10.0. The SMILES string of the molecule is CC(CF)c1cc(Cl)ccc1Cl. The lowest BCUT2D eigenvalue weighted by molar-refractivity contribution is 0.447. The highest BCUT2D eigenvalue weighted by molar-refractivity contribution is 6.33. The molecule has 0 aliphatic heterocycles. The van der Waals surface area contributed by atoms with Gasteiger partial charge in [-0.3, -0.25) is 4.39 Å². The molecule has 0 heterocycles. The predicted octanol–water partition coefficient (Wildman–Crippen LogP) is 4.07. The van der Waals surface area contributed by atoms with E-state index in [0.717, 1.165) is 5.56 Å². The molecule has 0 saturated carbocycles. The molecule has 0 aliphatic carbocycles. The van der Waals surface area contributed by atoms with Gasteiger partial charge in [-0.2, -0.15) is 0 Å². The Labute approximate surface area is 81.3 Å². The molecule has 1 atom stereocenters. The number of alkyl halides is 1. The third kappa shape index (κ3) is 2.11. The topological polar surface area (TPSA) is 0 Å². The molecular formula is C9H9Cl2F. The summed E-state index contributed by atoms with van der Waals surface area (Å²) in [4.78, 5) is 0. The first kappa shape index (κ1) is 9.82. The molecule has 1 aromatic carbocycles. The Morgan fingerprint density at radius 3 is 2.67 bits per heavy atom. The van der Waals surface area contributed by atoms with E-state index in [-0.39, 0.29) is 5.92 Å². The molecule has 0 nitrogen and oxygen atoms in total. The molecule has 0 aromatic heterocycles. The van der Waals surface area contributed by atoms with Crippen LogP contribution in [0.15, 0.2) is 18.2 Å². The van der Waals surface area contributed by atoms with Gasteiger partial charge in [-0.05, 0) is 23.8 Å². The van der Waals surface area contributed by atoms with Gasteiger partial charge in [-0.15, -0.1) is 0 Å². The zero-order valence-corrected chi connectivity index (χ0v) is 8.16. The van der Waals surface area contributed by atoms with Crippen LogP contribution < -0.4 is 0 Å². The predicted molar refractivity (Wildman–Crippen MR) is 50.9 cm³/mol. The van der Waals surface area contributed by atoms with Gasteiger partial charge in [0.2, 0.25) is 0 Å². The van der Waals surface area contributed by atoms with E-state index in [1.54, 1.807) is 25.1 Å². The molecule has 66 valence electrons. The van der Waals surface area contributed by atoms with E-state index in [2.05, 4.69) is 0 Å². The van der Waals surface area contributed by atoms with Crippen molar-refractivity contribution in [2.45, 2.75) is 12.8 Å². The van der Waals surface area contributed by atoms with Gasteiger partial charge >= 0.3 is 0 Å². The zero-order valence-electron chi connectivity index (χ0n) is 6.65. The van der Waals surface area contributed by atoms with Gasteiger partial charge in [0, 0.05) is 16.0 Å². The highest BCUT2D eigenvalue weighted by Gasteiger charge is 2.09. The minimum absolute atomic E-state index is 0.184. The molecule has 0 aliphatic rings. The normalized spacial score (nSPS) is 13.0. The summed E-state index contributed by atoms with van der Waals surface area (Å²) < 4.78 is 12.3. The number of hydrogen-bond acceptors (Lipinski definition) is 0. The van der Waals surface area contributed by atoms with Gasteiger partial charge in [0.15, 0.2) is 0 Å². The highest BCUT2D eigenvalue weighted by atomic mass is 35.5. The lowest BCUT2D eigenvalue weighted by Gasteiger charge is -2.09. The first-order valence-electron chi connectivity index (χ1n) is 3.66. The van der Waals surface area contributed by atoms with E-state index in [1.165, 1.54) is 0 Å². The Morgan fingerprint density at radius 1 is 1.42 bits per heavy atom. The Balaban J connectivity index is 3.04. The van der Waals surface area contributed by atoms with Crippen LogP contribution >= 0.6 is 23.2 Å². The van der Waals surface area contributed by atoms with Gasteiger partial charge in [0.1, 0.15) is 0 Å². The average Bonchev–Trinajstić information content (AvgIpc) is 2.08. The van der Waals surface area contributed by atoms with Crippen molar-refractivity contribution >= 4 is 23.2 Å². The summed E-state index contributed by atoms with van der Waals surface area (Å²) in [5.41, 5.74) is 0.770. The summed E-state index contributed by atoms with van der Waals surface area (Å²) in [5.74, 6) is -0.184. The van der Waals surface area contributed by atoms with Gasteiger partial charge in [0.05, 0.1) is 6.67 Å². The Hall–Kier alpha value is -0.270. The molecule has 0 radical (unpaired) electrons. The Bertz CT molecular complexity index is 273. The fourth-order valence-electron chi connectivity index (χ4n) is 0.975. The van der Waals surface area contributed by atoms with Crippen LogP contribution in [0.5, 0.6) is 0 Å². The summed E-state index contributed by atoms with van der Waals surface area (Å²) >= 11 is 11.6. The van der Waals surface area contributed by atoms with Crippen molar-refractivity contribution in [3.63, 3.8) is 0 Å². The van der Waals surface area contributed by atoms with Gasteiger partial charge in [-0.1, -0.05) is 30.1 Å². The summed E-state index contributed by atoms with van der Waals surface area (Å²) in [6.07, 6.45) is 0. The van der Waals surface area contributed by atoms with Gasteiger partial charge in [-0.25, -0.2) is 0 Å². The van der Waals surface area contributed by atoms with Crippen LogP contribution in [-0.4, -0.2) is 6.67 Å². The van der Waals surface area contributed by atoms with E-state index in [0.29, 0.717) is 10.0 Å². The van der Waals surface area contributed by atoms with Crippen LogP contribution in [0, 0.1) is 0 Å². The number of hydrogen-bond donors (Lipinski definition) is 0. The minimum Gasteiger partial charge on any atom is -0.250 e. The van der Waals surface area contributed by atoms with Crippen molar-refractivity contribution in [2.75, 3.05) is 6.67 Å². The van der Waals surface area contributed by atoms with Crippen molar-refractivity contribution in [3.05, 3.63) is 33.8 Å². The standard InChI is InChI=1S/C9H9Cl2F/c1-6(5-12)8-4-7(10)2-3-9(8)11/h2-4,6H,5H2,1H3. The quantitative estimate of drug-likeness (QED) is 0.685. The fourth-order valence-corrected chi connectivity index (χ4v) is 1.46. The van der Waals surface area contributed by atoms with Crippen LogP contribution in [0.2, 0.25) is 10.0 Å². The molecule has 3 heteroatoms. The first-order valence-corrected chi connectivity index (χ1v) is 4.41. The molecule has 0 fully saturated rings. The van der Waals surface area contributed by atoms with Gasteiger partial charge < -0.3 is 0 Å². The van der Waals surface area contributed by atoms with Crippen molar-refractivity contribution in [1.82, 2.24) is 0 Å². The maximum absolute atomic E-state index is 12.3. The second-order valence-electron chi connectivity index (χ2n) is 2.72. The number of halogens is 3. The Kier molecular flexibility index (Phi) is 3.36. The zero-order chi connectivity index (χ0) is 9.14.